The van der Waals surface area contributed by atoms with Gasteiger partial charge >= 0.3 is 0 Å². The molecule has 7 nitrogen and oxygen atoms in total. The van der Waals surface area contributed by atoms with E-state index in [1.54, 1.807) is 19.1 Å². The minimum Gasteiger partial charge on any atom is -0.338 e. The van der Waals surface area contributed by atoms with Crippen molar-refractivity contribution >= 4 is 17.5 Å². The van der Waals surface area contributed by atoms with Crippen LogP contribution < -0.4 is 4.90 Å². The molecule has 98 valence electrons. The number of hydrogen-bond donors (Lipinski definition) is 0. The van der Waals surface area contributed by atoms with Crippen molar-refractivity contribution in [3.63, 3.8) is 0 Å². The number of amides is 1. The summed E-state index contributed by atoms with van der Waals surface area (Å²) >= 11 is 0. The Kier molecular flexibility index (Phi) is 3.28. The molecule has 0 saturated carbocycles. The van der Waals surface area contributed by atoms with Crippen LogP contribution in [0.1, 0.15) is 16.1 Å². The van der Waals surface area contributed by atoms with Crippen LogP contribution in [0.5, 0.6) is 0 Å². The van der Waals surface area contributed by atoms with Crippen LogP contribution in [0.4, 0.5) is 11.6 Å². The second-order valence-electron chi connectivity index (χ2n) is 3.94. The summed E-state index contributed by atoms with van der Waals surface area (Å²) in [5, 5.41) is 14.6. The molecule has 2 rings (SSSR count). The van der Waals surface area contributed by atoms with Crippen LogP contribution in [0.3, 0.4) is 0 Å². The molecule has 1 heterocycles. The Bertz CT molecular complexity index is 635. The summed E-state index contributed by atoms with van der Waals surface area (Å²) in [6, 6.07) is 7.34. The van der Waals surface area contributed by atoms with Crippen molar-refractivity contribution in [2.24, 2.45) is 0 Å². The quantitative estimate of drug-likeness (QED) is 0.623. The number of anilines is 1. The fourth-order valence-electron chi connectivity index (χ4n) is 1.60. The zero-order valence-electron chi connectivity index (χ0n) is 10.4. The standard InChI is InChI=1S/C12H11N3O4/c1-8-7-11(19-13-8)14(2)12(16)9-5-3-4-6-10(9)15(17)18/h3-7H,1-2H3. The highest BCUT2D eigenvalue weighted by Gasteiger charge is 2.24. The number of hydrogen-bond acceptors (Lipinski definition) is 5. The monoisotopic (exact) mass is 261 g/mol. The Hall–Kier alpha value is -2.70. The second-order valence-corrected chi connectivity index (χ2v) is 3.94. The smallest absolute Gasteiger partial charge is 0.282 e. The van der Waals surface area contributed by atoms with Gasteiger partial charge in [0, 0.05) is 19.2 Å². The molecule has 0 aliphatic rings. The molecule has 0 N–H and O–H groups in total. The molecule has 0 unspecified atom stereocenters. The first kappa shape index (κ1) is 12.7. The predicted molar refractivity (Wildman–Crippen MR) is 67.1 cm³/mol. The first-order chi connectivity index (χ1) is 9.00. The van der Waals surface area contributed by atoms with Gasteiger partial charge in [-0.05, 0) is 13.0 Å². The van der Waals surface area contributed by atoms with Gasteiger partial charge in [0.15, 0.2) is 0 Å². The van der Waals surface area contributed by atoms with E-state index < -0.39 is 10.8 Å². The van der Waals surface area contributed by atoms with Gasteiger partial charge in [0.1, 0.15) is 5.56 Å². The lowest BCUT2D eigenvalue weighted by Crippen LogP contribution is -2.26. The van der Waals surface area contributed by atoms with Crippen molar-refractivity contribution in [1.29, 1.82) is 0 Å². The molecule has 0 atom stereocenters. The molecule has 0 aliphatic heterocycles. The van der Waals surface area contributed by atoms with E-state index in [0.29, 0.717) is 5.69 Å². The number of para-hydroxylation sites is 1. The number of aryl methyl sites for hydroxylation is 1. The Morgan fingerprint density at radius 3 is 2.68 bits per heavy atom. The predicted octanol–water partition coefficient (Wildman–Crippen LogP) is 2.17. The van der Waals surface area contributed by atoms with Gasteiger partial charge < -0.3 is 4.52 Å². The maximum absolute atomic E-state index is 12.2. The lowest BCUT2D eigenvalue weighted by atomic mass is 10.1. The van der Waals surface area contributed by atoms with E-state index in [9.17, 15) is 14.9 Å². The van der Waals surface area contributed by atoms with Crippen molar-refractivity contribution in [2.75, 3.05) is 11.9 Å². The van der Waals surface area contributed by atoms with E-state index in [2.05, 4.69) is 5.16 Å². The van der Waals surface area contributed by atoms with Crippen LogP contribution >= 0.6 is 0 Å². The summed E-state index contributed by atoms with van der Waals surface area (Å²) in [6.07, 6.45) is 0. The third kappa shape index (κ3) is 2.44. The second kappa shape index (κ2) is 4.89. The summed E-state index contributed by atoms with van der Waals surface area (Å²) in [5.74, 6) is -0.288. The minimum absolute atomic E-state index is 0.00375. The molecule has 0 radical (unpaired) electrons. The molecule has 0 spiro atoms. The van der Waals surface area contributed by atoms with Crippen LogP contribution in [0.2, 0.25) is 0 Å². The maximum atomic E-state index is 12.2. The molecule has 1 amide bonds. The molecule has 0 saturated heterocycles. The molecule has 19 heavy (non-hydrogen) atoms. The summed E-state index contributed by atoms with van der Waals surface area (Å²) in [7, 11) is 1.47. The van der Waals surface area contributed by atoms with E-state index in [1.807, 2.05) is 0 Å². The van der Waals surface area contributed by atoms with Gasteiger partial charge in [-0.15, -0.1) is 0 Å². The van der Waals surface area contributed by atoms with Crippen molar-refractivity contribution in [2.45, 2.75) is 6.92 Å². The maximum Gasteiger partial charge on any atom is 0.282 e. The highest BCUT2D eigenvalue weighted by atomic mass is 16.6. The van der Waals surface area contributed by atoms with Crippen molar-refractivity contribution in [3.05, 3.63) is 51.7 Å². The fraction of sp³-hybridized carbons (Fsp3) is 0.167. The molecule has 7 heteroatoms. The normalized spacial score (nSPS) is 10.2. The number of nitrogens with zero attached hydrogens (tertiary/aromatic N) is 3. The zero-order chi connectivity index (χ0) is 14.0. The van der Waals surface area contributed by atoms with Crippen LogP contribution in [0, 0.1) is 17.0 Å². The lowest BCUT2D eigenvalue weighted by molar-refractivity contribution is -0.385. The van der Waals surface area contributed by atoms with Crippen molar-refractivity contribution in [1.82, 2.24) is 5.16 Å². The van der Waals surface area contributed by atoms with Gasteiger partial charge in [-0.2, -0.15) is 0 Å². The summed E-state index contributed by atoms with van der Waals surface area (Å²) in [5.41, 5.74) is 0.386. The number of aromatic nitrogens is 1. The Morgan fingerprint density at radius 1 is 1.42 bits per heavy atom. The molecule has 1 aromatic heterocycles. The highest BCUT2D eigenvalue weighted by Crippen LogP contribution is 2.22. The van der Waals surface area contributed by atoms with Crippen LogP contribution in [0.15, 0.2) is 34.9 Å². The Labute approximate surface area is 108 Å². The van der Waals surface area contributed by atoms with E-state index >= 15 is 0 Å². The number of nitro groups is 1. The zero-order valence-corrected chi connectivity index (χ0v) is 10.4. The molecular weight excluding hydrogens is 250 g/mol. The summed E-state index contributed by atoms with van der Waals surface area (Å²) in [6.45, 7) is 1.72. The molecule has 1 aromatic carbocycles. The summed E-state index contributed by atoms with van der Waals surface area (Å²) < 4.78 is 4.95. The molecule has 2 aromatic rings. The van der Waals surface area contributed by atoms with Crippen molar-refractivity contribution < 1.29 is 14.2 Å². The lowest BCUT2D eigenvalue weighted by Gasteiger charge is -2.12. The molecule has 0 bridgehead atoms. The largest absolute Gasteiger partial charge is 0.338 e. The van der Waals surface area contributed by atoms with Gasteiger partial charge in [-0.1, -0.05) is 17.3 Å². The van der Waals surface area contributed by atoms with E-state index in [-0.39, 0.29) is 17.1 Å². The van der Waals surface area contributed by atoms with Crippen LogP contribution in [-0.2, 0) is 0 Å². The third-order valence-electron chi connectivity index (χ3n) is 2.58. The molecule has 0 fully saturated rings. The molecular formula is C12H11N3O4. The first-order valence-electron chi connectivity index (χ1n) is 5.45. The van der Waals surface area contributed by atoms with E-state index in [0.717, 1.165) is 0 Å². The Balaban J connectivity index is 2.37. The SMILES string of the molecule is Cc1cc(N(C)C(=O)c2ccccc2[N+](=O)[O-])on1. The van der Waals surface area contributed by atoms with Crippen LogP contribution in [0.25, 0.3) is 0 Å². The van der Waals surface area contributed by atoms with Crippen LogP contribution in [-0.4, -0.2) is 23.0 Å². The fourth-order valence-corrected chi connectivity index (χ4v) is 1.60. The van der Waals surface area contributed by atoms with Gasteiger partial charge in [0.2, 0.25) is 5.88 Å². The third-order valence-corrected chi connectivity index (χ3v) is 2.58. The van der Waals surface area contributed by atoms with Gasteiger partial charge in [-0.3, -0.25) is 19.8 Å². The number of carbonyl (C=O) groups excluding carboxylic acids is 1. The van der Waals surface area contributed by atoms with Gasteiger partial charge in [-0.25, -0.2) is 0 Å². The van der Waals surface area contributed by atoms with E-state index in [1.165, 1.54) is 30.1 Å². The topological polar surface area (TPSA) is 89.5 Å². The first-order valence-corrected chi connectivity index (χ1v) is 5.45. The number of rotatable bonds is 3. The Morgan fingerprint density at radius 2 is 2.11 bits per heavy atom. The number of carbonyl (C=O) groups is 1. The number of nitro benzene ring substituents is 1. The van der Waals surface area contributed by atoms with Crippen molar-refractivity contribution in [3.8, 4) is 0 Å². The molecule has 0 aliphatic carbocycles. The minimum atomic E-state index is -0.591. The number of benzene rings is 1. The average molecular weight is 261 g/mol. The van der Waals surface area contributed by atoms with Gasteiger partial charge in [0.05, 0.1) is 10.6 Å². The van der Waals surface area contributed by atoms with Gasteiger partial charge in [0.25, 0.3) is 11.6 Å². The summed E-state index contributed by atoms with van der Waals surface area (Å²) in [4.78, 5) is 23.7. The average Bonchev–Trinajstić information content (AvgIpc) is 2.83. The highest BCUT2D eigenvalue weighted by molar-refractivity contribution is 6.07. The van der Waals surface area contributed by atoms with E-state index in [4.69, 9.17) is 4.52 Å².